The fourth-order valence-electron chi connectivity index (χ4n) is 0.864. The van der Waals surface area contributed by atoms with Gasteiger partial charge in [0.05, 0.1) is 6.54 Å². The quantitative estimate of drug-likeness (QED) is 0.564. The number of nitrogens with zero attached hydrogens (tertiary/aromatic N) is 2. The summed E-state index contributed by atoms with van der Waals surface area (Å²) in [5.74, 6) is 1.25. The Morgan fingerprint density at radius 1 is 1.46 bits per heavy atom. The third-order valence-corrected chi connectivity index (χ3v) is 1.50. The topological polar surface area (TPSA) is 51.0 Å². The lowest BCUT2D eigenvalue weighted by Crippen LogP contribution is -2.13. The third kappa shape index (κ3) is 3.85. The van der Waals surface area contributed by atoms with Gasteiger partial charge in [-0.3, -0.25) is 0 Å². The first-order valence-electron chi connectivity index (χ1n) is 4.31. The summed E-state index contributed by atoms with van der Waals surface area (Å²) in [7, 11) is 0. The Labute approximate surface area is 78.0 Å². The van der Waals surface area contributed by atoms with Crippen LogP contribution < -0.4 is 5.32 Å². The van der Waals surface area contributed by atoms with E-state index in [9.17, 15) is 0 Å². The van der Waals surface area contributed by atoms with Crippen LogP contribution in [0.5, 0.6) is 0 Å². The zero-order chi connectivity index (χ0) is 9.68. The highest BCUT2D eigenvalue weighted by atomic mass is 16.4. The highest BCUT2D eigenvalue weighted by molar-refractivity contribution is 4.94. The minimum Gasteiger partial charge on any atom is -0.424 e. The molecule has 0 aromatic carbocycles. The van der Waals surface area contributed by atoms with E-state index in [4.69, 9.17) is 4.42 Å². The molecule has 0 saturated heterocycles. The Hall–Kier alpha value is -1.16. The van der Waals surface area contributed by atoms with Crippen LogP contribution in [-0.4, -0.2) is 16.7 Å². The highest BCUT2D eigenvalue weighted by Gasteiger charge is 1.99. The molecule has 0 atom stereocenters. The molecule has 1 aromatic rings. The molecule has 1 rings (SSSR count). The first kappa shape index (κ1) is 9.92. The van der Waals surface area contributed by atoms with Crippen molar-refractivity contribution >= 4 is 0 Å². The predicted molar refractivity (Wildman–Crippen MR) is 50.2 cm³/mol. The third-order valence-electron chi connectivity index (χ3n) is 1.50. The van der Waals surface area contributed by atoms with Crippen LogP contribution >= 0.6 is 0 Å². The van der Waals surface area contributed by atoms with E-state index < -0.39 is 0 Å². The van der Waals surface area contributed by atoms with Crippen molar-refractivity contribution < 1.29 is 4.42 Å². The SMILES string of the molecule is CC(C)=CCNCc1nnc(C)o1. The second-order valence-corrected chi connectivity index (χ2v) is 3.13. The van der Waals surface area contributed by atoms with Gasteiger partial charge in [-0.15, -0.1) is 10.2 Å². The first-order chi connectivity index (χ1) is 6.18. The van der Waals surface area contributed by atoms with Gasteiger partial charge in [0.1, 0.15) is 0 Å². The van der Waals surface area contributed by atoms with Crippen LogP contribution in [0.3, 0.4) is 0 Å². The maximum absolute atomic E-state index is 5.19. The van der Waals surface area contributed by atoms with E-state index >= 15 is 0 Å². The highest BCUT2D eigenvalue weighted by Crippen LogP contribution is 1.96. The minimum atomic E-state index is 0.610. The van der Waals surface area contributed by atoms with E-state index in [2.05, 4.69) is 35.4 Å². The van der Waals surface area contributed by atoms with E-state index in [1.54, 1.807) is 6.92 Å². The van der Waals surface area contributed by atoms with Crippen LogP contribution in [0, 0.1) is 6.92 Å². The smallest absolute Gasteiger partial charge is 0.230 e. The van der Waals surface area contributed by atoms with E-state index in [1.807, 2.05) is 0 Å². The molecule has 1 aromatic heterocycles. The molecule has 4 nitrogen and oxygen atoms in total. The average Bonchev–Trinajstić information content (AvgIpc) is 2.45. The van der Waals surface area contributed by atoms with Gasteiger partial charge in [0.2, 0.25) is 11.8 Å². The molecule has 0 spiro atoms. The Bertz CT molecular complexity index is 287. The molecular weight excluding hydrogens is 166 g/mol. The summed E-state index contributed by atoms with van der Waals surface area (Å²) in [4.78, 5) is 0. The molecule has 13 heavy (non-hydrogen) atoms. The Morgan fingerprint density at radius 3 is 2.77 bits per heavy atom. The minimum absolute atomic E-state index is 0.610. The van der Waals surface area contributed by atoms with Gasteiger partial charge in [-0.05, 0) is 13.8 Å². The molecule has 0 amide bonds. The standard InChI is InChI=1S/C9H15N3O/c1-7(2)4-5-10-6-9-12-11-8(3)13-9/h4,10H,5-6H2,1-3H3. The lowest BCUT2D eigenvalue weighted by Gasteiger charge is -1.96. The molecule has 1 heterocycles. The second-order valence-electron chi connectivity index (χ2n) is 3.13. The average molecular weight is 181 g/mol. The fourth-order valence-corrected chi connectivity index (χ4v) is 0.864. The van der Waals surface area contributed by atoms with Crippen LogP contribution in [0.1, 0.15) is 25.6 Å². The van der Waals surface area contributed by atoms with E-state index in [1.165, 1.54) is 5.57 Å². The van der Waals surface area contributed by atoms with Crippen molar-refractivity contribution in [2.75, 3.05) is 6.54 Å². The summed E-state index contributed by atoms with van der Waals surface area (Å²) in [6, 6.07) is 0. The lowest BCUT2D eigenvalue weighted by atomic mass is 10.3. The van der Waals surface area contributed by atoms with Crippen LogP contribution in [-0.2, 0) is 6.54 Å². The normalized spacial score (nSPS) is 10.1. The van der Waals surface area contributed by atoms with Gasteiger partial charge in [0, 0.05) is 13.5 Å². The molecule has 0 fully saturated rings. The van der Waals surface area contributed by atoms with Gasteiger partial charge in [-0.25, -0.2) is 0 Å². The fraction of sp³-hybridized carbons (Fsp3) is 0.556. The van der Waals surface area contributed by atoms with Crippen molar-refractivity contribution in [2.45, 2.75) is 27.3 Å². The largest absolute Gasteiger partial charge is 0.424 e. The molecule has 0 bridgehead atoms. The summed E-state index contributed by atoms with van der Waals surface area (Å²) in [5.41, 5.74) is 1.30. The van der Waals surface area contributed by atoms with Crippen molar-refractivity contribution in [2.24, 2.45) is 0 Å². The maximum atomic E-state index is 5.19. The predicted octanol–water partition coefficient (Wildman–Crippen LogP) is 1.43. The van der Waals surface area contributed by atoms with Crippen LogP contribution in [0.15, 0.2) is 16.1 Å². The molecule has 1 N–H and O–H groups in total. The Balaban J connectivity index is 2.24. The van der Waals surface area contributed by atoms with E-state index in [0.717, 1.165) is 6.54 Å². The van der Waals surface area contributed by atoms with Crippen molar-refractivity contribution in [3.05, 3.63) is 23.4 Å². The zero-order valence-electron chi connectivity index (χ0n) is 8.29. The van der Waals surface area contributed by atoms with Gasteiger partial charge in [-0.1, -0.05) is 11.6 Å². The molecule has 0 saturated carbocycles. The number of hydrogen-bond donors (Lipinski definition) is 1. The lowest BCUT2D eigenvalue weighted by molar-refractivity contribution is 0.452. The number of allylic oxidation sites excluding steroid dienone is 1. The number of hydrogen-bond acceptors (Lipinski definition) is 4. The number of nitrogens with one attached hydrogen (secondary N) is 1. The molecular formula is C9H15N3O. The number of aromatic nitrogens is 2. The number of aryl methyl sites for hydroxylation is 1. The molecule has 0 aliphatic heterocycles. The number of rotatable bonds is 4. The van der Waals surface area contributed by atoms with Crippen molar-refractivity contribution in [1.82, 2.24) is 15.5 Å². The second kappa shape index (κ2) is 4.77. The first-order valence-corrected chi connectivity index (χ1v) is 4.31. The van der Waals surface area contributed by atoms with Gasteiger partial charge in [0.15, 0.2) is 0 Å². The van der Waals surface area contributed by atoms with Gasteiger partial charge in [-0.2, -0.15) is 0 Å². The van der Waals surface area contributed by atoms with E-state index in [0.29, 0.717) is 18.3 Å². The van der Waals surface area contributed by atoms with Crippen LogP contribution in [0.25, 0.3) is 0 Å². The molecule has 0 unspecified atom stereocenters. The zero-order valence-corrected chi connectivity index (χ0v) is 8.29. The van der Waals surface area contributed by atoms with Crippen LogP contribution in [0.4, 0.5) is 0 Å². The molecule has 4 heteroatoms. The van der Waals surface area contributed by atoms with Gasteiger partial charge in [0.25, 0.3) is 0 Å². The monoisotopic (exact) mass is 181 g/mol. The summed E-state index contributed by atoms with van der Waals surface area (Å²) in [5, 5.41) is 10.8. The summed E-state index contributed by atoms with van der Waals surface area (Å²) >= 11 is 0. The molecule has 0 aliphatic rings. The molecule has 0 radical (unpaired) electrons. The van der Waals surface area contributed by atoms with Crippen molar-refractivity contribution in [3.63, 3.8) is 0 Å². The summed E-state index contributed by atoms with van der Waals surface area (Å²) in [6.45, 7) is 7.39. The molecule has 72 valence electrons. The van der Waals surface area contributed by atoms with Crippen molar-refractivity contribution in [1.29, 1.82) is 0 Å². The Morgan fingerprint density at radius 2 is 2.23 bits per heavy atom. The molecule has 0 aliphatic carbocycles. The van der Waals surface area contributed by atoms with E-state index in [-0.39, 0.29) is 0 Å². The maximum Gasteiger partial charge on any atom is 0.230 e. The van der Waals surface area contributed by atoms with Crippen LogP contribution in [0.2, 0.25) is 0 Å². The van der Waals surface area contributed by atoms with Gasteiger partial charge >= 0.3 is 0 Å². The van der Waals surface area contributed by atoms with Gasteiger partial charge < -0.3 is 9.73 Å². The Kier molecular flexibility index (Phi) is 3.64. The summed E-state index contributed by atoms with van der Waals surface area (Å²) < 4.78 is 5.19. The summed E-state index contributed by atoms with van der Waals surface area (Å²) in [6.07, 6.45) is 2.11. The van der Waals surface area contributed by atoms with Crippen molar-refractivity contribution in [3.8, 4) is 0 Å².